The highest BCUT2D eigenvalue weighted by Gasteiger charge is 2.09. The SMILES string of the molecule is CCc1cc(F)cc(F)c1COSC. The van der Waals surface area contributed by atoms with Crippen molar-refractivity contribution in [1.29, 1.82) is 0 Å². The maximum absolute atomic E-state index is 13.3. The molecule has 0 aliphatic rings. The Morgan fingerprint density at radius 3 is 2.64 bits per heavy atom. The van der Waals surface area contributed by atoms with Crippen LogP contribution in [-0.4, -0.2) is 6.26 Å². The van der Waals surface area contributed by atoms with Gasteiger partial charge in [-0.1, -0.05) is 6.92 Å². The van der Waals surface area contributed by atoms with E-state index in [1.165, 1.54) is 18.1 Å². The fourth-order valence-electron chi connectivity index (χ4n) is 1.25. The predicted molar refractivity (Wildman–Crippen MR) is 54.0 cm³/mol. The maximum Gasteiger partial charge on any atom is 0.131 e. The van der Waals surface area contributed by atoms with Gasteiger partial charge in [0.1, 0.15) is 11.6 Å². The molecular formula is C10H12F2OS. The average Bonchev–Trinajstić information content (AvgIpc) is 2.15. The Morgan fingerprint density at radius 1 is 1.36 bits per heavy atom. The summed E-state index contributed by atoms with van der Waals surface area (Å²) in [5, 5.41) is 0. The minimum atomic E-state index is -0.535. The number of aryl methyl sites for hydroxylation is 1. The molecule has 0 aliphatic heterocycles. The van der Waals surface area contributed by atoms with Crippen LogP contribution in [0.5, 0.6) is 0 Å². The van der Waals surface area contributed by atoms with E-state index in [0.717, 1.165) is 6.07 Å². The smallest absolute Gasteiger partial charge is 0.131 e. The normalized spacial score (nSPS) is 10.6. The van der Waals surface area contributed by atoms with E-state index in [1.54, 1.807) is 6.26 Å². The molecule has 1 nitrogen and oxygen atoms in total. The highest BCUT2D eigenvalue weighted by Crippen LogP contribution is 2.19. The number of rotatable bonds is 4. The second-order valence-corrected chi connectivity index (χ2v) is 3.38. The third-order valence-corrected chi connectivity index (χ3v) is 2.31. The lowest BCUT2D eigenvalue weighted by atomic mass is 10.1. The molecule has 0 atom stereocenters. The van der Waals surface area contributed by atoms with Crippen molar-refractivity contribution in [1.82, 2.24) is 0 Å². The summed E-state index contributed by atoms with van der Waals surface area (Å²) >= 11 is 1.17. The summed E-state index contributed by atoms with van der Waals surface area (Å²) in [5.74, 6) is -1.07. The second-order valence-electron chi connectivity index (χ2n) is 2.81. The maximum atomic E-state index is 13.3. The van der Waals surface area contributed by atoms with Crippen LogP contribution in [0.4, 0.5) is 8.78 Å². The fraction of sp³-hybridized carbons (Fsp3) is 0.400. The minimum absolute atomic E-state index is 0.177. The number of hydrogen-bond acceptors (Lipinski definition) is 2. The van der Waals surface area contributed by atoms with Gasteiger partial charge in [0.15, 0.2) is 0 Å². The van der Waals surface area contributed by atoms with Gasteiger partial charge in [-0.05, 0) is 30.1 Å². The van der Waals surface area contributed by atoms with Gasteiger partial charge < -0.3 is 4.18 Å². The number of halogens is 2. The van der Waals surface area contributed by atoms with Gasteiger partial charge in [0.25, 0.3) is 0 Å². The Bertz CT molecular complexity index is 315. The molecule has 0 bridgehead atoms. The van der Waals surface area contributed by atoms with E-state index < -0.39 is 11.6 Å². The van der Waals surface area contributed by atoms with Gasteiger partial charge in [0.05, 0.1) is 6.61 Å². The lowest BCUT2D eigenvalue weighted by Gasteiger charge is -2.08. The zero-order valence-electron chi connectivity index (χ0n) is 8.14. The number of hydrogen-bond donors (Lipinski definition) is 0. The Labute approximate surface area is 86.7 Å². The molecule has 0 saturated heterocycles. The van der Waals surface area contributed by atoms with E-state index in [-0.39, 0.29) is 6.61 Å². The van der Waals surface area contributed by atoms with Crippen LogP contribution >= 0.6 is 12.0 Å². The summed E-state index contributed by atoms with van der Waals surface area (Å²) in [6.07, 6.45) is 2.36. The molecule has 1 aromatic rings. The summed E-state index contributed by atoms with van der Waals surface area (Å²) in [5.41, 5.74) is 1.11. The first-order valence-corrected chi connectivity index (χ1v) is 5.46. The fourth-order valence-corrected chi connectivity index (χ4v) is 1.49. The second kappa shape index (κ2) is 5.32. The van der Waals surface area contributed by atoms with Crippen molar-refractivity contribution in [2.24, 2.45) is 0 Å². The van der Waals surface area contributed by atoms with Crippen LogP contribution in [0.25, 0.3) is 0 Å². The van der Waals surface area contributed by atoms with Crippen molar-refractivity contribution in [2.45, 2.75) is 20.0 Å². The molecule has 0 amide bonds. The molecule has 0 unspecified atom stereocenters. The summed E-state index contributed by atoms with van der Waals surface area (Å²) in [6.45, 7) is 2.03. The van der Waals surface area contributed by atoms with Gasteiger partial charge >= 0.3 is 0 Å². The van der Waals surface area contributed by atoms with Gasteiger partial charge in [0, 0.05) is 17.9 Å². The Hall–Kier alpha value is -0.610. The third-order valence-electron chi connectivity index (χ3n) is 1.95. The van der Waals surface area contributed by atoms with Crippen molar-refractivity contribution < 1.29 is 13.0 Å². The minimum Gasteiger partial charge on any atom is -0.311 e. The predicted octanol–water partition coefficient (Wildman–Crippen LogP) is 3.32. The van der Waals surface area contributed by atoms with E-state index in [2.05, 4.69) is 0 Å². The highest BCUT2D eigenvalue weighted by molar-refractivity contribution is 7.93. The topological polar surface area (TPSA) is 9.23 Å². The van der Waals surface area contributed by atoms with Crippen LogP contribution in [0.3, 0.4) is 0 Å². The Balaban J connectivity index is 2.99. The van der Waals surface area contributed by atoms with Crippen molar-refractivity contribution >= 4 is 12.0 Å². The van der Waals surface area contributed by atoms with Gasteiger partial charge in [-0.25, -0.2) is 8.78 Å². The molecule has 1 rings (SSSR count). The van der Waals surface area contributed by atoms with E-state index >= 15 is 0 Å². The van der Waals surface area contributed by atoms with E-state index in [0.29, 0.717) is 17.5 Å². The molecule has 0 spiro atoms. The molecule has 0 saturated carbocycles. The van der Waals surface area contributed by atoms with E-state index in [1.807, 2.05) is 6.92 Å². The lowest BCUT2D eigenvalue weighted by molar-refractivity contribution is 0.353. The van der Waals surface area contributed by atoms with Crippen LogP contribution in [0.1, 0.15) is 18.1 Å². The molecule has 0 heterocycles. The summed E-state index contributed by atoms with van der Waals surface area (Å²) in [4.78, 5) is 0. The standard InChI is InChI=1S/C10H12F2OS/c1-3-7-4-8(11)5-10(12)9(7)6-13-14-2/h4-5H,3,6H2,1-2H3. The van der Waals surface area contributed by atoms with Crippen molar-refractivity contribution in [3.8, 4) is 0 Å². The third kappa shape index (κ3) is 2.69. The van der Waals surface area contributed by atoms with Crippen molar-refractivity contribution in [3.05, 3.63) is 34.9 Å². The molecule has 0 radical (unpaired) electrons. The summed E-state index contributed by atoms with van der Waals surface area (Å²) < 4.78 is 31.2. The molecule has 4 heteroatoms. The molecule has 14 heavy (non-hydrogen) atoms. The molecule has 1 aromatic carbocycles. The quantitative estimate of drug-likeness (QED) is 0.717. The molecule has 78 valence electrons. The zero-order valence-corrected chi connectivity index (χ0v) is 8.96. The van der Waals surface area contributed by atoms with Crippen LogP contribution < -0.4 is 0 Å². The molecule has 0 fully saturated rings. The number of benzene rings is 1. The van der Waals surface area contributed by atoms with Gasteiger partial charge in [0.2, 0.25) is 0 Å². The lowest BCUT2D eigenvalue weighted by Crippen LogP contribution is -1.99. The van der Waals surface area contributed by atoms with Crippen LogP contribution in [0, 0.1) is 11.6 Å². The largest absolute Gasteiger partial charge is 0.311 e. The summed E-state index contributed by atoms with van der Waals surface area (Å²) in [6, 6.07) is 2.24. The van der Waals surface area contributed by atoms with Crippen LogP contribution in [-0.2, 0) is 17.2 Å². The van der Waals surface area contributed by atoms with Gasteiger partial charge in [-0.2, -0.15) is 0 Å². The summed E-state index contributed by atoms with van der Waals surface area (Å²) in [7, 11) is 0. The average molecular weight is 218 g/mol. The van der Waals surface area contributed by atoms with Gasteiger partial charge in [-0.15, -0.1) is 0 Å². The van der Waals surface area contributed by atoms with Crippen molar-refractivity contribution in [2.75, 3.05) is 6.26 Å². The van der Waals surface area contributed by atoms with E-state index in [9.17, 15) is 8.78 Å². The first-order valence-electron chi connectivity index (χ1n) is 4.31. The van der Waals surface area contributed by atoms with E-state index in [4.69, 9.17) is 4.18 Å². The first kappa shape index (κ1) is 11.5. The Morgan fingerprint density at radius 2 is 2.07 bits per heavy atom. The Kier molecular flexibility index (Phi) is 4.35. The monoisotopic (exact) mass is 218 g/mol. The van der Waals surface area contributed by atoms with Crippen LogP contribution in [0.15, 0.2) is 12.1 Å². The van der Waals surface area contributed by atoms with Crippen molar-refractivity contribution in [3.63, 3.8) is 0 Å². The first-order chi connectivity index (χ1) is 6.69. The molecule has 0 aromatic heterocycles. The molecule has 0 aliphatic carbocycles. The zero-order chi connectivity index (χ0) is 10.6. The molecule has 0 N–H and O–H groups in total. The highest BCUT2D eigenvalue weighted by atomic mass is 32.2. The van der Waals surface area contributed by atoms with Crippen LogP contribution in [0.2, 0.25) is 0 Å². The molecular weight excluding hydrogens is 206 g/mol. The van der Waals surface area contributed by atoms with Gasteiger partial charge in [-0.3, -0.25) is 0 Å².